The number of fused-ring (bicyclic) bond motifs is 1. The molecule has 1 aromatic rings. The molecule has 0 aromatic heterocycles. The van der Waals surface area contributed by atoms with Gasteiger partial charge < -0.3 is 44.7 Å². The number of rotatable bonds is 26. The number of methoxy groups -OCH3 is 1. The molecule has 1 fully saturated rings. The molecular formula is C46H83N3O7. The maximum Gasteiger partial charge on any atom is 0.222 e. The Kier molecular flexibility index (Phi) is 20.9. The Morgan fingerprint density at radius 2 is 1.52 bits per heavy atom. The standard InChI is InChI=1S/C46H83N3O7/c1-12-40(50)49(28-25-48-30-39-37(9)41(51)42(52)45(53-11)55-39)27-24-47-26-29-54-43-34(6)35(7)44-38(36(43)8)21-23-46(10,56-44)22-15-20-33(5)19-14-18-32(4)17-13-16-31(2)3/h31-33,37,39,41-42,45,47-48,51-52H,12-30H2,1-11H3/t32-,33-,37+,39?,41+,42+,45?,46-/m1/s1. The summed E-state index contributed by atoms with van der Waals surface area (Å²) in [5, 5.41) is 27.3. The zero-order valence-electron chi connectivity index (χ0n) is 37.4. The van der Waals surface area contributed by atoms with E-state index in [0.29, 0.717) is 52.3 Å². The fraction of sp³-hybridized carbons (Fsp3) is 0.848. The molecule has 8 atom stereocenters. The van der Waals surface area contributed by atoms with Crippen molar-refractivity contribution in [3.8, 4) is 11.5 Å². The molecule has 0 aliphatic carbocycles. The molecule has 0 radical (unpaired) electrons. The third-order valence-corrected chi connectivity index (χ3v) is 12.8. The van der Waals surface area contributed by atoms with Gasteiger partial charge in [0.1, 0.15) is 29.8 Å². The first-order valence-electron chi connectivity index (χ1n) is 22.3. The van der Waals surface area contributed by atoms with Crippen LogP contribution in [0.25, 0.3) is 0 Å². The first-order chi connectivity index (χ1) is 26.6. The first-order valence-corrected chi connectivity index (χ1v) is 22.3. The smallest absolute Gasteiger partial charge is 0.222 e. The van der Waals surface area contributed by atoms with Crippen molar-refractivity contribution in [3.63, 3.8) is 0 Å². The molecule has 1 saturated heterocycles. The van der Waals surface area contributed by atoms with Crippen LogP contribution in [0, 0.1) is 44.4 Å². The van der Waals surface area contributed by atoms with Crippen molar-refractivity contribution in [3.05, 3.63) is 22.3 Å². The number of hydrogen-bond acceptors (Lipinski definition) is 9. The van der Waals surface area contributed by atoms with Gasteiger partial charge in [0, 0.05) is 64.3 Å². The van der Waals surface area contributed by atoms with Gasteiger partial charge in [-0.15, -0.1) is 0 Å². The normalized spacial score (nSPS) is 24.8. The van der Waals surface area contributed by atoms with E-state index in [1.54, 1.807) is 0 Å². The molecule has 2 heterocycles. The second-order valence-electron chi connectivity index (χ2n) is 18.1. The monoisotopic (exact) mass is 790 g/mol. The van der Waals surface area contributed by atoms with Crippen LogP contribution < -0.4 is 20.1 Å². The number of nitrogens with zero attached hydrogens (tertiary/aromatic N) is 1. The molecule has 0 saturated carbocycles. The van der Waals surface area contributed by atoms with Crippen LogP contribution in [-0.2, 0) is 20.7 Å². The van der Waals surface area contributed by atoms with Gasteiger partial charge in [-0.2, -0.15) is 0 Å². The molecule has 56 heavy (non-hydrogen) atoms. The number of benzene rings is 1. The fourth-order valence-electron chi connectivity index (χ4n) is 8.58. The summed E-state index contributed by atoms with van der Waals surface area (Å²) in [4.78, 5) is 14.6. The maximum absolute atomic E-state index is 12.7. The SMILES string of the molecule is CCC(=O)N(CCNCCOc1c(C)c(C)c2c(c1C)CC[C@@](C)(CCC[C@H](C)CCC[C@H](C)CCCC(C)C)O2)CCNCC1OC(OC)[C@@H](O)[C@@H](O)[C@H]1C. The summed E-state index contributed by atoms with van der Waals surface area (Å²) in [7, 11) is 1.46. The number of amides is 1. The van der Waals surface area contributed by atoms with Gasteiger partial charge in [-0.3, -0.25) is 4.79 Å². The fourth-order valence-corrected chi connectivity index (χ4v) is 8.58. The van der Waals surface area contributed by atoms with Crippen LogP contribution in [0.15, 0.2) is 0 Å². The highest BCUT2D eigenvalue weighted by atomic mass is 16.7. The van der Waals surface area contributed by atoms with Crippen LogP contribution in [0.3, 0.4) is 0 Å². The molecule has 2 aliphatic rings. The lowest BCUT2D eigenvalue weighted by Crippen LogP contribution is -2.56. The first kappa shape index (κ1) is 48.4. The predicted molar refractivity (Wildman–Crippen MR) is 228 cm³/mol. The van der Waals surface area contributed by atoms with Crippen molar-refractivity contribution >= 4 is 5.91 Å². The highest BCUT2D eigenvalue weighted by molar-refractivity contribution is 5.75. The van der Waals surface area contributed by atoms with Gasteiger partial charge in [-0.05, 0) is 87.8 Å². The van der Waals surface area contributed by atoms with E-state index in [2.05, 4.69) is 66.0 Å². The number of carbonyl (C=O) groups is 1. The highest BCUT2D eigenvalue weighted by Gasteiger charge is 2.42. The lowest BCUT2D eigenvalue weighted by Gasteiger charge is -2.41. The van der Waals surface area contributed by atoms with Crippen molar-refractivity contribution in [2.24, 2.45) is 23.7 Å². The van der Waals surface area contributed by atoms with Gasteiger partial charge in [0.2, 0.25) is 5.91 Å². The van der Waals surface area contributed by atoms with Gasteiger partial charge in [0.15, 0.2) is 6.29 Å². The largest absolute Gasteiger partial charge is 0.492 e. The van der Waals surface area contributed by atoms with Crippen molar-refractivity contribution < 1.29 is 34.0 Å². The summed E-state index contributed by atoms with van der Waals surface area (Å²) in [6.07, 6.45) is 11.1. The topological polar surface area (TPSA) is 122 Å². The second kappa shape index (κ2) is 24.2. The third-order valence-electron chi connectivity index (χ3n) is 12.8. The summed E-state index contributed by atoms with van der Waals surface area (Å²) in [5.74, 6) is 4.36. The Morgan fingerprint density at radius 3 is 2.14 bits per heavy atom. The Hall–Kier alpha value is -1.95. The van der Waals surface area contributed by atoms with E-state index in [-0.39, 0.29) is 23.5 Å². The van der Waals surface area contributed by atoms with Crippen molar-refractivity contribution in [1.29, 1.82) is 0 Å². The minimum absolute atomic E-state index is 0.108. The van der Waals surface area contributed by atoms with Crippen LogP contribution >= 0.6 is 0 Å². The van der Waals surface area contributed by atoms with Crippen molar-refractivity contribution in [2.75, 3.05) is 53.0 Å². The molecule has 4 N–H and O–H groups in total. The Labute approximate surface area is 341 Å². The van der Waals surface area contributed by atoms with Crippen LogP contribution in [-0.4, -0.2) is 104 Å². The molecule has 3 rings (SSSR count). The Balaban J connectivity index is 1.39. The van der Waals surface area contributed by atoms with Crippen LogP contribution in [0.2, 0.25) is 0 Å². The maximum atomic E-state index is 12.7. The molecule has 10 nitrogen and oxygen atoms in total. The number of aliphatic hydroxyl groups excluding tert-OH is 2. The van der Waals surface area contributed by atoms with E-state index < -0.39 is 18.5 Å². The molecule has 324 valence electrons. The molecule has 1 amide bonds. The van der Waals surface area contributed by atoms with Gasteiger partial charge in [0.05, 0.1) is 12.2 Å². The van der Waals surface area contributed by atoms with Gasteiger partial charge in [0.25, 0.3) is 0 Å². The number of carbonyl (C=O) groups excluding carboxylic acids is 1. The van der Waals surface area contributed by atoms with Crippen LogP contribution in [0.5, 0.6) is 11.5 Å². The summed E-state index contributed by atoms with van der Waals surface area (Å²) in [6, 6.07) is 0. The van der Waals surface area contributed by atoms with Crippen LogP contribution in [0.1, 0.15) is 141 Å². The third kappa shape index (κ3) is 14.7. The number of hydrogen-bond donors (Lipinski definition) is 4. The van der Waals surface area contributed by atoms with Gasteiger partial charge in [-0.25, -0.2) is 0 Å². The summed E-state index contributed by atoms with van der Waals surface area (Å²) >= 11 is 0. The minimum atomic E-state index is -1.07. The Bertz CT molecular complexity index is 1310. The van der Waals surface area contributed by atoms with E-state index in [0.717, 1.165) is 54.1 Å². The minimum Gasteiger partial charge on any atom is -0.492 e. The molecule has 1 aromatic carbocycles. The lowest BCUT2D eigenvalue weighted by atomic mass is 9.83. The van der Waals surface area contributed by atoms with Crippen molar-refractivity contribution in [2.45, 2.75) is 176 Å². The lowest BCUT2D eigenvalue weighted by molar-refractivity contribution is -0.274. The molecule has 0 spiro atoms. The zero-order chi connectivity index (χ0) is 41.4. The number of ether oxygens (including phenoxy) is 4. The molecule has 0 bridgehead atoms. The number of nitrogens with one attached hydrogen (secondary N) is 2. The second-order valence-corrected chi connectivity index (χ2v) is 18.1. The average molecular weight is 790 g/mol. The molecule has 2 aliphatic heterocycles. The van der Waals surface area contributed by atoms with E-state index in [1.165, 1.54) is 75.2 Å². The average Bonchev–Trinajstić information content (AvgIpc) is 3.16. The quantitative estimate of drug-likeness (QED) is 0.0702. The Morgan fingerprint density at radius 1 is 0.893 bits per heavy atom. The van der Waals surface area contributed by atoms with Gasteiger partial charge in [-0.1, -0.05) is 86.5 Å². The summed E-state index contributed by atoms with van der Waals surface area (Å²) < 4.78 is 24.3. The molecule has 10 heteroatoms. The molecule has 2 unspecified atom stereocenters. The predicted octanol–water partition coefficient (Wildman–Crippen LogP) is 7.66. The van der Waals surface area contributed by atoms with Crippen molar-refractivity contribution in [1.82, 2.24) is 15.5 Å². The van der Waals surface area contributed by atoms with E-state index in [4.69, 9.17) is 18.9 Å². The summed E-state index contributed by atoms with van der Waals surface area (Å²) in [6.45, 7) is 26.2. The molecular weight excluding hydrogens is 707 g/mol. The van der Waals surface area contributed by atoms with E-state index in [1.807, 2.05) is 18.7 Å². The van der Waals surface area contributed by atoms with E-state index in [9.17, 15) is 15.0 Å². The van der Waals surface area contributed by atoms with Crippen LogP contribution in [0.4, 0.5) is 0 Å². The van der Waals surface area contributed by atoms with Gasteiger partial charge >= 0.3 is 0 Å². The number of aliphatic hydroxyl groups is 2. The zero-order valence-corrected chi connectivity index (χ0v) is 37.4. The van der Waals surface area contributed by atoms with E-state index >= 15 is 0 Å². The summed E-state index contributed by atoms with van der Waals surface area (Å²) in [5.41, 5.74) is 4.71. The highest BCUT2D eigenvalue weighted by Crippen LogP contribution is 2.45.